The average molecular weight is 334 g/mol. The molecule has 0 unspecified atom stereocenters. The summed E-state index contributed by atoms with van der Waals surface area (Å²) in [6, 6.07) is 2.01. The van der Waals surface area contributed by atoms with Crippen molar-refractivity contribution in [3.63, 3.8) is 0 Å². The van der Waals surface area contributed by atoms with Crippen LogP contribution in [0.5, 0.6) is 0 Å². The van der Waals surface area contributed by atoms with Crippen LogP contribution in [0.2, 0.25) is 0 Å². The van der Waals surface area contributed by atoms with E-state index in [9.17, 15) is 8.42 Å². The zero-order valence-electron chi connectivity index (χ0n) is 13.7. The third-order valence-electron chi connectivity index (χ3n) is 4.78. The lowest BCUT2D eigenvalue weighted by Gasteiger charge is -2.31. The van der Waals surface area contributed by atoms with Crippen molar-refractivity contribution in [2.75, 3.05) is 13.1 Å². The van der Waals surface area contributed by atoms with E-state index in [0.717, 1.165) is 12.8 Å². The summed E-state index contributed by atoms with van der Waals surface area (Å²) in [6.45, 7) is 4.94. The molecule has 0 radical (unpaired) electrons. The molecule has 1 aliphatic heterocycles. The van der Waals surface area contributed by atoms with Crippen LogP contribution in [0.3, 0.4) is 0 Å². The lowest BCUT2D eigenvalue weighted by atomic mass is 9.89. The molecule has 7 heteroatoms. The maximum absolute atomic E-state index is 12.8. The van der Waals surface area contributed by atoms with Crippen molar-refractivity contribution in [1.29, 1.82) is 0 Å². The molecule has 3 heterocycles. The Bertz CT molecular complexity index is 805. The van der Waals surface area contributed by atoms with Crippen molar-refractivity contribution in [2.24, 2.45) is 7.05 Å². The summed E-state index contributed by atoms with van der Waals surface area (Å²) in [5.74, 6) is 0.380. The molecule has 124 valence electrons. The highest BCUT2D eigenvalue weighted by Crippen LogP contribution is 2.32. The SMILES string of the molecule is Cc1ccncc1C1CCN(S(=O)(=O)c2cnn(C)c2C)CC1. The van der Waals surface area contributed by atoms with Gasteiger partial charge in [0.05, 0.1) is 11.9 Å². The van der Waals surface area contributed by atoms with Gasteiger partial charge in [-0.2, -0.15) is 9.40 Å². The molecule has 0 saturated carbocycles. The minimum atomic E-state index is -3.45. The maximum atomic E-state index is 12.8. The fourth-order valence-corrected chi connectivity index (χ4v) is 4.84. The van der Waals surface area contributed by atoms with Crippen LogP contribution in [0.15, 0.2) is 29.6 Å². The maximum Gasteiger partial charge on any atom is 0.246 e. The fourth-order valence-electron chi connectivity index (χ4n) is 3.18. The molecule has 3 rings (SSSR count). The molecule has 2 aromatic heterocycles. The minimum absolute atomic E-state index is 0.316. The van der Waals surface area contributed by atoms with Crippen LogP contribution in [-0.4, -0.2) is 40.6 Å². The molecule has 0 amide bonds. The smallest absolute Gasteiger partial charge is 0.246 e. The Balaban J connectivity index is 1.76. The van der Waals surface area contributed by atoms with Gasteiger partial charge >= 0.3 is 0 Å². The van der Waals surface area contributed by atoms with E-state index in [4.69, 9.17) is 0 Å². The first-order valence-corrected chi connectivity index (χ1v) is 9.24. The second-order valence-corrected chi connectivity index (χ2v) is 8.03. The second-order valence-electron chi connectivity index (χ2n) is 6.13. The first-order chi connectivity index (χ1) is 10.9. The van der Waals surface area contributed by atoms with Crippen molar-refractivity contribution in [1.82, 2.24) is 19.1 Å². The highest BCUT2D eigenvalue weighted by molar-refractivity contribution is 7.89. The number of hydrogen-bond donors (Lipinski definition) is 0. The fraction of sp³-hybridized carbons (Fsp3) is 0.500. The van der Waals surface area contributed by atoms with E-state index in [-0.39, 0.29) is 0 Å². The number of pyridine rings is 1. The number of sulfonamides is 1. The van der Waals surface area contributed by atoms with E-state index in [1.165, 1.54) is 17.3 Å². The van der Waals surface area contributed by atoms with Crippen LogP contribution in [0, 0.1) is 13.8 Å². The standard InChI is InChI=1S/C16H22N4O2S/c1-12-4-7-17-10-15(12)14-5-8-20(9-6-14)23(21,22)16-11-18-19(3)13(16)2/h4,7,10-11,14H,5-6,8-9H2,1-3H3. The molecule has 0 atom stereocenters. The van der Waals surface area contributed by atoms with Crippen LogP contribution < -0.4 is 0 Å². The first-order valence-electron chi connectivity index (χ1n) is 7.80. The summed E-state index contributed by atoms with van der Waals surface area (Å²) in [6.07, 6.45) is 6.80. The minimum Gasteiger partial charge on any atom is -0.272 e. The molecule has 0 bridgehead atoms. The largest absolute Gasteiger partial charge is 0.272 e. The highest BCUT2D eigenvalue weighted by Gasteiger charge is 2.32. The predicted molar refractivity (Wildman–Crippen MR) is 87.7 cm³/mol. The molecule has 1 fully saturated rings. The molecular weight excluding hydrogens is 312 g/mol. The quantitative estimate of drug-likeness (QED) is 0.861. The molecule has 1 aliphatic rings. The number of piperidine rings is 1. The molecule has 0 spiro atoms. The van der Waals surface area contributed by atoms with Gasteiger partial charge in [0.1, 0.15) is 4.90 Å². The Hall–Kier alpha value is -1.73. The molecule has 0 N–H and O–H groups in total. The van der Waals surface area contributed by atoms with Crippen LogP contribution >= 0.6 is 0 Å². The van der Waals surface area contributed by atoms with Gasteiger partial charge in [0.2, 0.25) is 10.0 Å². The predicted octanol–water partition coefficient (Wildman–Crippen LogP) is 2.00. The number of rotatable bonds is 3. The van der Waals surface area contributed by atoms with Gasteiger partial charge in [0.15, 0.2) is 0 Å². The Labute approximate surface area is 137 Å². The Morgan fingerprint density at radius 1 is 1.17 bits per heavy atom. The second kappa shape index (κ2) is 6.05. The summed E-state index contributed by atoms with van der Waals surface area (Å²) in [7, 11) is -1.70. The van der Waals surface area contributed by atoms with E-state index in [1.807, 2.05) is 12.3 Å². The third-order valence-corrected chi connectivity index (χ3v) is 6.78. The number of aryl methyl sites for hydroxylation is 2. The van der Waals surface area contributed by atoms with Crippen LogP contribution in [-0.2, 0) is 17.1 Å². The topological polar surface area (TPSA) is 68.1 Å². The summed E-state index contributed by atoms with van der Waals surface area (Å²) in [5, 5.41) is 4.05. The van der Waals surface area contributed by atoms with Crippen molar-refractivity contribution < 1.29 is 8.42 Å². The van der Waals surface area contributed by atoms with Gasteiger partial charge in [-0.1, -0.05) is 0 Å². The van der Waals surface area contributed by atoms with Crippen molar-refractivity contribution in [3.05, 3.63) is 41.5 Å². The van der Waals surface area contributed by atoms with Gasteiger partial charge in [-0.15, -0.1) is 0 Å². The molecule has 23 heavy (non-hydrogen) atoms. The van der Waals surface area contributed by atoms with Gasteiger partial charge in [-0.3, -0.25) is 9.67 Å². The number of nitrogens with zero attached hydrogens (tertiary/aromatic N) is 4. The molecule has 6 nitrogen and oxygen atoms in total. The summed E-state index contributed by atoms with van der Waals surface area (Å²) >= 11 is 0. The van der Waals surface area contributed by atoms with Gasteiger partial charge in [0.25, 0.3) is 0 Å². The van der Waals surface area contributed by atoms with Crippen LogP contribution in [0.1, 0.15) is 35.6 Å². The Morgan fingerprint density at radius 2 is 1.87 bits per heavy atom. The summed E-state index contributed by atoms with van der Waals surface area (Å²) in [4.78, 5) is 4.52. The monoisotopic (exact) mass is 334 g/mol. The average Bonchev–Trinajstić information content (AvgIpc) is 2.88. The summed E-state index contributed by atoms with van der Waals surface area (Å²) in [5.41, 5.74) is 3.14. The van der Waals surface area contributed by atoms with Gasteiger partial charge in [-0.25, -0.2) is 8.42 Å². The van der Waals surface area contributed by atoms with Crippen molar-refractivity contribution in [3.8, 4) is 0 Å². The zero-order valence-corrected chi connectivity index (χ0v) is 14.5. The van der Waals surface area contributed by atoms with E-state index in [1.54, 1.807) is 29.2 Å². The Morgan fingerprint density at radius 3 is 2.43 bits per heavy atom. The number of hydrogen-bond acceptors (Lipinski definition) is 4. The summed E-state index contributed by atoms with van der Waals surface area (Å²) < 4.78 is 28.8. The lowest BCUT2D eigenvalue weighted by Crippen LogP contribution is -2.38. The highest BCUT2D eigenvalue weighted by atomic mass is 32.2. The molecule has 0 aliphatic carbocycles. The molecular formula is C16H22N4O2S. The van der Waals surface area contributed by atoms with Gasteiger partial charge in [0, 0.05) is 32.5 Å². The van der Waals surface area contributed by atoms with E-state index in [2.05, 4.69) is 17.0 Å². The van der Waals surface area contributed by atoms with Crippen molar-refractivity contribution >= 4 is 10.0 Å². The van der Waals surface area contributed by atoms with Gasteiger partial charge < -0.3 is 0 Å². The lowest BCUT2D eigenvalue weighted by molar-refractivity contribution is 0.318. The molecule has 0 aromatic carbocycles. The van der Waals surface area contributed by atoms with Crippen LogP contribution in [0.25, 0.3) is 0 Å². The van der Waals surface area contributed by atoms with E-state index in [0.29, 0.717) is 29.6 Å². The zero-order chi connectivity index (χ0) is 16.6. The van der Waals surface area contributed by atoms with E-state index >= 15 is 0 Å². The molecule has 1 saturated heterocycles. The van der Waals surface area contributed by atoms with Gasteiger partial charge in [-0.05, 0) is 49.8 Å². The first kappa shape index (κ1) is 16.1. The van der Waals surface area contributed by atoms with E-state index < -0.39 is 10.0 Å². The van der Waals surface area contributed by atoms with Crippen LogP contribution in [0.4, 0.5) is 0 Å². The number of aromatic nitrogens is 3. The molecule has 2 aromatic rings. The third kappa shape index (κ3) is 2.90. The Kier molecular flexibility index (Phi) is 4.25. The normalized spacial score (nSPS) is 17.5. The van der Waals surface area contributed by atoms with Crippen molar-refractivity contribution in [2.45, 2.75) is 37.5 Å².